The number of ether oxygens (including phenoxy) is 3. The van der Waals surface area contributed by atoms with Gasteiger partial charge in [0.25, 0.3) is 0 Å². The van der Waals surface area contributed by atoms with Crippen LogP contribution in [0.15, 0.2) is 12.7 Å². The van der Waals surface area contributed by atoms with Crippen LogP contribution in [0.1, 0.15) is 137 Å². The van der Waals surface area contributed by atoms with Crippen LogP contribution in [-0.2, 0) is 28.6 Å². The molecule has 3 atom stereocenters. The molecule has 0 amide bonds. The van der Waals surface area contributed by atoms with Crippen molar-refractivity contribution >= 4 is 17.9 Å². The molecule has 0 aromatic rings. The topological polar surface area (TPSA) is 78.9 Å². The molecule has 0 radical (unpaired) electrons. The van der Waals surface area contributed by atoms with Crippen molar-refractivity contribution in [2.45, 2.75) is 142 Å². The molecular formula is C32H56O6. The Hall–Kier alpha value is -1.85. The minimum absolute atomic E-state index is 0.250. The molecular weight excluding hydrogens is 480 g/mol. The van der Waals surface area contributed by atoms with Gasteiger partial charge in [0.2, 0.25) is 5.60 Å². The molecule has 1 saturated carbocycles. The molecule has 6 heteroatoms. The van der Waals surface area contributed by atoms with Crippen LogP contribution >= 0.6 is 0 Å². The van der Waals surface area contributed by atoms with E-state index in [9.17, 15) is 14.4 Å². The van der Waals surface area contributed by atoms with E-state index in [0.717, 1.165) is 63.4 Å². The van der Waals surface area contributed by atoms with Crippen molar-refractivity contribution in [2.24, 2.45) is 17.8 Å². The van der Waals surface area contributed by atoms with Crippen LogP contribution in [-0.4, -0.2) is 36.7 Å². The average Bonchev–Trinajstić information content (AvgIpc) is 2.91. The smallest absolute Gasteiger partial charge is 0.351 e. The van der Waals surface area contributed by atoms with Crippen LogP contribution in [0.2, 0.25) is 0 Å². The van der Waals surface area contributed by atoms with Gasteiger partial charge in [0, 0.05) is 6.08 Å². The van der Waals surface area contributed by atoms with Crippen LogP contribution < -0.4 is 0 Å². The number of carbonyl (C=O) groups excluding carboxylic acids is 3. The fraction of sp³-hybridized carbons (Fsp3) is 0.844. The summed E-state index contributed by atoms with van der Waals surface area (Å²) in [7, 11) is 0. The second-order valence-electron chi connectivity index (χ2n) is 11.5. The molecule has 1 aliphatic rings. The highest BCUT2D eigenvalue weighted by Gasteiger charge is 2.55. The van der Waals surface area contributed by atoms with Gasteiger partial charge in [0.15, 0.2) is 0 Å². The molecule has 220 valence electrons. The van der Waals surface area contributed by atoms with Crippen molar-refractivity contribution < 1.29 is 28.6 Å². The predicted octanol–water partition coefficient (Wildman–Crippen LogP) is 8.11. The van der Waals surface area contributed by atoms with E-state index in [1.165, 1.54) is 38.5 Å². The molecule has 1 aliphatic carbocycles. The van der Waals surface area contributed by atoms with Crippen LogP contribution in [0.25, 0.3) is 0 Å². The van der Waals surface area contributed by atoms with Crippen LogP contribution in [0.4, 0.5) is 0 Å². The number of carbonyl (C=O) groups is 3. The van der Waals surface area contributed by atoms with Gasteiger partial charge in [-0.1, -0.05) is 111 Å². The number of rotatable bonds is 21. The summed E-state index contributed by atoms with van der Waals surface area (Å²) in [5.74, 6) is -1.63. The summed E-state index contributed by atoms with van der Waals surface area (Å²) in [6.07, 6.45) is 17.9. The SMILES string of the molecule is C=CC(=O)OC1(C(=O)OCC(CC)CCCC)CCCCC1C(=O)OCCCCCCCCCCC(C)C. The predicted molar refractivity (Wildman–Crippen MR) is 153 cm³/mol. The summed E-state index contributed by atoms with van der Waals surface area (Å²) >= 11 is 0. The first-order valence-electron chi connectivity index (χ1n) is 15.5. The van der Waals surface area contributed by atoms with Gasteiger partial charge in [-0.3, -0.25) is 4.79 Å². The number of hydrogen-bond donors (Lipinski definition) is 0. The van der Waals surface area contributed by atoms with E-state index in [-0.39, 0.29) is 18.9 Å². The maximum absolute atomic E-state index is 13.4. The Kier molecular flexibility index (Phi) is 18.1. The molecule has 1 rings (SSSR count). The molecule has 0 aromatic heterocycles. The molecule has 0 bridgehead atoms. The fourth-order valence-corrected chi connectivity index (χ4v) is 5.28. The van der Waals surface area contributed by atoms with E-state index in [1.54, 1.807) is 0 Å². The minimum Gasteiger partial charge on any atom is -0.465 e. The summed E-state index contributed by atoms with van der Waals surface area (Å²) < 4.78 is 17.0. The lowest BCUT2D eigenvalue weighted by Crippen LogP contribution is -2.55. The maximum Gasteiger partial charge on any atom is 0.351 e. The Morgan fingerprint density at radius 3 is 2.16 bits per heavy atom. The van der Waals surface area contributed by atoms with Crippen molar-refractivity contribution in [3.63, 3.8) is 0 Å². The lowest BCUT2D eigenvalue weighted by molar-refractivity contribution is -0.199. The van der Waals surface area contributed by atoms with E-state index >= 15 is 0 Å². The highest BCUT2D eigenvalue weighted by Crippen LogP contribution is 2.39. The van der Waals surface area contributed by atoms with Gasteiger partial charge in [0.1, 0.15) is 5.92 Å². The largest absolute Gasteiger partial charge is 0.465 e. The molecule has 0 saturated heterocycles. The van der Waals surface area contributed by atoms with Crippen LogP contribution in [0.3, 0.4) is 0 Å². The number of unbranched alkanes of at least 4 members (excludes halogenated alkanes) is 8. The quantitative estimate of drug-likeness (QED) is 0.0638. The zero-order chi connectivity index (χ0) is 28.2. The molecule has 0 spiro atoms. The molecule has 0 aliphatic heterocycles. The van der Waals surface area contributed by atoms with Gasteiger partial charge in [-0.2, -0.15) is 0 Å². The van der Waals surface area contributed by atoms with Gasteiger partial charge in [0.05, 0.1) is 13.2 Å². The van der Waals surface area contributed by atoms with Crippen molar-refractivity contribution in [1.29, 1.82) is 0 Å². The summed E-state index contributed by atoms with van der Waals surface area (Å²) in [5.41, 5.74) is -1.64. The first kappa shape index (κ1) is 34.2. The lowest BCUT2D eigenvalue weighted by Gasteiger charge is -2.39. The maximum atomic E-state index is 13.4. The van der Waals surface area contributed by atoms with Gasteiger partial charge < -0.3 is 14.2 Å². The minimum atomic E-state index is -1.64. The van der Waals surface area contributed by atoms with Crippen LogP contribution in [0.5, 0.6) is 0 Å². The fourth-order valence-electron chi connectivity index (χ4n) is 5.28. The molecule has 0 aromatic carbocycles. The molecule has 3 unspecified atom stereocenters. The molecule has 38 heavy (non-hydrogen) atoms. The lowest BCUT2D eigenvalue weighted by atomic mass is 9.75. The zero-order valence-corrected chi connectivity index (χ0v) is 24.9. The summed E-state index contributed by atoms with van der Waals surface area (Å²) in [5, 5.41) is 0. The van der Waals surface area contributed by atoms with E-state index < -0.39 is 29.4 Å². The van der Waals surface area contributed by atoms with Crippen molar-refractivity contribution in [3.05, 3.63) is 12.7 Å². The highest BCUT2D eigenvalue weighted by atomic mass is 16.6. The third-order valence-electron chi connectivity index (χ3n) is 7.85. The Bertz CT molecular complexity index is 687. The van der Waals surface area contributed by atoms with E-state index in [1.807, 2.05) is 0 Å². The first-order valence-corrected chi connectivity index (χ1v) is 15.5. The molecule has 1 fully saturated rings. The van der Waals surface area contributed by atoms with E-state index in [0.29, 0.717) is 19.4 Å². The molecule has 6 nitrogen and oxygen atoms in total. The van der Waals surface area contributed by atoms with Gasteiger partial charge in [-0.05, 0) is 43.9 Å². The highest BCUT2D eigenvalue weighted by molar-refractivity contribution is 5.92. The average molecular weight is 537 g/mol. The Balaban J connectivity index is 2.60. The van der Waals surface area contributed by atoms with Crippen molar-refractivity contribution in [3.8, 4) is 0 Å². The Morgan fingerprint density at radius 2 is 1.55 bits per heavy atom. The Morgan fingerprint density at radius 1 is 0.895 bits per heavy atom. The van der Waals surface area contributed by atoms with Gasteiger partial charge in [-0.15, -0.1) is 0 Å². The van der Waals surface area contributed by atoms with Crippen LogP contribution in [0, 0.1) is 17.8 Å². The summed E-state index contributed by atoms with van der Waals surface area (Å²) in [6, 6.07) is 0. The molecule has 0 heterocycles. The summed E-state index contributed by atoms with van der Waals surface area (Å²) in [4.78, 5) is 38.8. The van der Waals surface area contributed by atoms with Gasteiger partial charge >= 0.3 is 17.9 Å². The zero-order valence-electron chi connectivity index (χ0n) is 24.9. The van der Waals surface area contributed by atoms with Crippen molar-refractivity contribution in [1.82, 2.24) is 0 Å². The third-order valence-corrected chi connectivity index (χ3v) is 7.85. The van der Waals surface area contributed by atoms with Crippen molar-refractivity contribution in [2.75, 3.05) is 13.2 Å². The van der Waals surface area contributed by atoms with E-state index in [4.69, 9.17) is 14.2 Å². The second kappa shape index (κ2) is 20.1. The number of esters is 3. The standard InChI is InChI=1S/C32H56O6/c1-6-9-21-27(7-2)25-37-31(35)32(38-29(33)8-3)23-18-17-22-28(32)30(34)36-24-19-15-13-11-10-12-14-16-20-26(4)5/h8,26-28H,3,6-7,9-25H2,1-2,4-5H3. The summed E-state index contributed by atoms with van der Waals surface area (Å²) in [6.45, 7) is 12.8. The normalized spacial score (nSPS) is 20.1. The number of hydrogen-bond acceptors (Lipinski definition) is 6. The first-order chi connectivity index (χ1) is 18.3. The van der Waals surface area contributed by atoms with E-state index in [2.05, 4.69) is 34.3 Å². The Labute approximate surface area is 232 Å². The third kappa shape index (κ3) is 12.8. The molecule has 0 N–H and O–H groups in total. The second-order valence-corrected chi connectivity index (χ2v) is 11.5. The monoisotopic (exact) mass is 536 g/mol. The van der Waals surface area contributed by atoms with Gasteiger partial charge in [-0.25, -0.2) is 9.59 Å².